The molecule has 16 heavy (non-hydrogen) atoms. The summed E-state index contributed by atoms with van der Waals surface area (Å²) in [5.74, 6) is -1.17. The molecule has 0 radical (unpaired) electrons. The molecule has 1 aromatic heterocycles. The molecule has 1 amide bonds. The third-order valence-corrected chi connectivity index (χ3v) is 2.07. The molecule has 0 atom stereocenters. The second kappa shape index (κ2) is 4.18. The Hall–Kier alpha value is -2.11. The van der Waals surface area contributed by atoms with E-state index in [-0.39, 0.29) is 5.56 Å². The van der Waals surface area contributed by atoms with E-state index in [1.54, 1.807) is 13.8 Å². The Morgan fingerprint density at radius 3 is 2.44 bits per heavy atom. The van der Waals surface area contributed by atoms with Crippen molar-refractivity contribution in [2.24, 2.45) is 5.73 Å². The van der Waals surface area contributed by atoms with E-state index in [0.29, 0.717) is 5.82 Å². The maximum Gasteiger partial charge on any atom is 0.337 e. The van der Waals surface area contributed by atoms with Gasteiger partial charge >= 0.3 is 5.97 Å². The largest absolute Gasteiger partial charge is 0.478 e. The van der Waals surface area contributed by atoms with Crippen LogP contribution in [0.15, 0.2) is 18.3 Å². The van der Waals surface area contributed by atoms with Crippen LogP contribution in [0.3, 0.4) is 0 Å². The van der Waals surface area contributed by atoms with Gasteiger partial charge in [-0.3, -0.25) is 4.79 Å². The zero-order valence-corrected chi connectivity index (χ0v) is 9.02. The van der Waals surface area contributed by atoms with Gasteiger partial charge in [-0.05, 0) is 26.0 Å². The van der Waals surface area contributed by atoms with Crippen molar-refractivity contribution < 1.29 is 14.7 Å². The number of primary amides is 1. The Balaban J connectivity index is 2.84. The molecule has 0 saturated heterocycles. The van der Waals surface area contributed by atoms with Crippen LogP contribution in [0.4, 0.5) is 5.82 Å². The molecule has 1 heterocycles. The molecule has 0 bridgehead atoms. The van der Waals surface area contributed by atoms with E-state index >= 15 is 0 Å². The third kappa shape index (κ3) is 2.69. The highest BCUT2D eigenvalue weighted by atomic mass is 16.4. The summed E-state index contributed by atoms with van der Waals surface area (Å²) < 4.78 is 0. The van der Waals surface area contributed by atoms with Crippen LogP contribution in [-0.2, 0) is 4.79 Å². The van der Waals surface area contributed by atoms with Gasteiger partial charge in [0.2, 0.25) is 5.91 Å². The van der Waals surface area contributed by atoms with Crippen molar-refractivity contribution in [3.05, 3.63) is 23.9 Å². The number of hydrogen-bond donors (Lipinski definition) is 3. The Labute approximate surface area is 92.5 Å². The van der Waals surface area contributed by atoms with Gasteiger partial charge in [0, 0.05) is 6.20 Å². The van der Waals surface area contributed by atoms with Crippen LogP contribution in [0.25, 0.3) is 0 Å². The lowest BCUT2D eigenvalue weighted by Gasteiger charge is -2.22. The predicted octanol–water partition coefficient (Wildman–Crippen LogP) is 0.456. The quantitative estimate of drug-likeness (QED) is 0.687. The minimum atomic E-state index is -1.05. The molecule has 86 valence electrons. The first-order valence-electron chi connectivity index (χ1n) is 4.60. The molecule has 0 aromatic carbocycles. The SMILES string of the molecule is CC(C)(Nc1ccc(C(=O)O)cn1)C(N)=O. The molecule has 0 fully saturated rings. The highest BCUT2D eigenvalue weighted by molar-refractivity contribution is 5.88. The smallest absolute Gasteiger partial charge is 0.337 e. The Kier molecular flexibility index (Phi) is 3.12. The first-order valence-corrected chi connectivity index (χ1v) is 4.60. The second-order valence-corrected chi connectivity index (χ2v) is 3.85. The fraction of sp³-hybridized carbons (Fsp3) is 0.300. The standard InChI is InChI=1S/C10H13N3O3/c1-10(2,9(11)16)13-7-4-3-6(5-12-7)8(14)15/h3-5H,1-2H3,(H2,11,16)(H,12,13)(H,14,15). The monoisotopic (exact) mass is 223 g/mol. The number of amides is 1. The van der Waals surface area contributed by atoms with Crippen LogP contribution in [0.2, 0.25) is 0 Å². The van der Waals surface area contributed by atoms with Gasteiger partial charge in [0.05, 0.1) is 5.56 Å². The maximum absolute atomic E-state index is 11.0. The molecule has 0 unspecified atom stereocenters. The first kappa shape index (κ1) is 12.0. The number of pyridine rings is 1. The van der Waals surface area contributed by atoms with Crippen molar-refractivity contribution in [3.63, 3.8) is 0 Å². The fourth-order valence-electron chi connectivity index (χ4n) is 0.976. The van der Waals surface area contributed by atoms with E-state index in [9.17, 15) is 9.59 Å². The van der Waals surface area contributed by atoms with Gasteiger partial charge in [-0.2, -0.15) is 0 Å². The summed E-state index contributed by atoms with van der Waals surface area (Å²) >= 11 is 0. The highest BCUT2D eigenvalue weighted by Gasteiger charge is 2.24. The number of rotatable bonds is 4. The number of aromatic carboxylic acids is 1. The van der Waals surface area contributed by atoms with Crippen molar-refractivity contribution >= 4 is 17.7 Å². The number of anilines is 1. The topological polar surface area (TPSA) is 105 Å². The number of carbonyl (C=O) groups excluding carboxylic acids is 1. The summed E-state index contributed by atoms with van der Waals surface area (Å²) in [4.78, 5) is 25.5. The Morgan fingerprint density at radius 2 is 2.06 bits per heavy atom. The van der Waals surface area contributed by atoms with Crippen LogP contribution < -0.4 is 11.1 Å². The van der Waals surface area contributed by atoms with Gasteiger partial charge in [0.1, 0.15) is 11.4 Å². The number of carboxylic acids is 1. The molecule has 6 nitrogen and oxygen atoms in total. The van der Waals surface area contributed by atoms with Gasteiger partial charge < -0.3 is 16.2 Å². The molecule has 0 aliphatic heterocycles. The Morgan fingerprint density at radius 1 is 1.44 bits per heavy atom. The lowest BCUT2D eigenvalue weighted by atomic mass is 10.1. The van der Waals surface area contributed by atoms with Gasteiger partial charge in [-0.1, -0.05) is 0 Å². The van der Waals surface area contributed by atoms with Gasteiger partial charge in [-0.15, -0.1) is 0 Å². The summed E-state index contributed by atoms with van der Waals surface area (Å²) in [6, 6.07) is 2.88. The number of carbonyl (C=O) groups is 2. The Bertz CT molecular complexity index is 412. The summed E-state index contributed by atoms with van der Waals surface area (Å²) in [5, 5.41) is 11.5. The minimum Gasteiger partial charge on any atom is -0.478 e. The molecule has 0 aliphatic carbocycles. The van der Waals surface area contributed by atoms with E-state index in [1.807, 2.05) is 0 Å². The average molecular weight is 223 g/mol. The highest BCUT2D eigenvalue weighted by Crippen LogP contribution is 2.12. The van der Waals surface area contributed by atoms with Crippen molar-refractivity contribution in [1.82, 2.24) is 4.98 Å². The summed E-state index contributed by atoms with van der Waals surface area (Å²) in [6.07, 6.45) is 1.21. The summed E-state index contributed by atoms with van der Waals surface area (Å²) in [5.41, 5.74) is 4.33. The van der Waals surface area contributed by atoms with Crippen LogP contribution in [0.1, 0.15) is 24.2 Å². The van der Waals surface area contributed by atoms with Crippen molar-refractivity contribution in [2.45, 2.75) is 19.4 Å². The summed E-state index contributed by atoms with van der Waals surface area (Å²) in [6.45, 7) is 3.23. The van der Waals surface area contributed by atoms with Crippen LogP contribution in [0.5, 0.6) is 0 Å². The molecule has 4 N–H and O–H groups in total. The number of hydrogen-bond acceptors (Lipinski definition) is 4. The zero-order chi connectivity index (χ0) is 12.3. The van der Waals surface area contributed by atoms with Crippen LogP contribution in [0, 0.1) is 0 Å². The fourth-order valence-corrected chi connectivity index (χ4v) is 0.976. The molecular formula is C10H13N3O3. The molecule has 0 spiro atoms. The molecule has 0 saturated carbocycles. The molecule has 1 aromatic rings. The predicted molar refractivity (Wildman–Crippen MR) is 58.1 cm³/mol. The van der Waals surface area contributed by atoms with Crippen molar-refractivity contribution in [2.75, 3.05) is 5.32 Å². The second-order valence-electron chi connectivity index (χ2n) is 3.85. The summed E-state index contributed by atoms with van der Waals surface area (Å²) in [7, 11) is 0. The normalized spacial score (nSPS) is 10.9. The average Bonchev–Trinajstić information content (AvgIpc) is 2.17. The van der Waals surface area contributed by atoms with Crippen LogP contribution in [-0.4, -0.2) is 27.5 Å². The van der Waals surface area contributed by atoms with Crippen molar-refractivity contribution in [3.8, 4) is 0 Å². The minimum absolute atomic E-state index is 0.0856. The number of carboxylic acid groups (broad SMARTS) is 1. The number of nitrogens with one attached hydrogen (secondary N) is 1. The van der Waals surface area contributed by atoms with E-state index in [0.717, 1.165) is 0 Å². The first-order chi connectivity index (χ1) is 7.33. The number of nitrogens with zero attached hydrogens (tertiary/aromatic N) is 1. The lowest BCUT2D eigenvalue weighted by Crippen LogP contribution is -2.45. The van der Waals surface area contributed by atoms with E-state index < -0.39 is 17.4 Å². The van der Waals surface area contributed by atoms with E-state index in [1.165, 1.54) is 18.3 Å². The van der Waals surface area contributed by atoms with Gasteiger partial charge in [0.15, 0.2) is 0 Å². The number of aromatic nitrogens is 1. The molecular weight excluding hydrogens is 210 g/mol. The van der Waals surface area contributed by atoms with Crippen molar-refractivity contribution in [1.29, 1.82) is 0 Å². The lowest BCUT2D eigenvalue weighted by molar-refractivity contribution is -0.121. The molecule has 6 heteroatoms. The van der Waals surface area contributed by atoms with E-state index in [4.69, 9.17) is 10.8 Å². The number of nitrogens with two attached hydrogens (primary N) is 1. The molecule has 0 aliphatic rings. The van der Waals surface area contributed by atoms with Gasteiger partial charge in [0.25, 0.3) is 0 Å². The van der Waals surface area contributed by atoms with E-state index in [2.05, 4.69) is 10.3 Å². The maximum atomic E-state index is 11.0. The third-order valence-electron chi connectivity index (χ3n) is 2.07. The van der Waals surface area contributed by atoms with Gasteiger partial charge in [-0.25, -0.2) is 9.78 Å². The van der Waals surface area contributed by atoms with Crippen LogP contribution >= 0.6 is 0 Å². The zero-order valence-electron chi connectivity index (χ0n) is 9.02. The molecule has 1 rings (SSSR count).